The molecule has 0 N–H and O–H groups in total. The molecule has 0 bridgehead atoms. The molecule has 1 aliphatic rings. The van der Waals surface area contributed by atoms with E-state index < -0.39 is 47.1 Å². The quantitative estimate of drug-likeness (QED) is 0.0759. The summed E-state index contributed by atoms with van der Waals surface area (Å²) in [4.78, 5) is 27.0. The highest BCUT2D eigenvalue weighted by molar-refractivity contribution is 5.90. The number of rotatable bonds is 17. The largest absolute Gasteiger partial charge is 0.497 e. The first-order chi connectivity index (χ1) is 22.0. The minimum absolute atomic E-state index is 0.0226. The summed E-state index contributed by atoms with van der Waals surface area (Å²) in [6, 6.07) is 17.3. The highest BCUT2D eigenvalue weighted by Gasteiger charge is 2.46. The lowest BCUT2D eigenvalue weighted by Crippen LogP contribution is -2.54. The molecule has 1 saturated heterocycles. The molecule has 0 spiro atoms. The van der Waals surface area contributed by atoms with Crippen molar-refractivity contribution in [3.8, 4) is 5.75 Å². The van der Waals surface area contributed by atoms with E-state index in [-0.39, 0.29) is 25.2 Å². The van der Waals surface area contributed by atoms with Crippen LogP contribution < -0.4 is 4.74 Å². The first kappa shape index (κ1) is 38.4. The third kappa shape index (κ3) is 11.8. The van der Waals surface area contributed by atoms with Gasteiger partial charge in [0.25, 0.3) is 0 Å². The van der Waals surface area contributed by atoms with Crippen LogP contribution in [0.5, 0.6) is 5.75 Å². The molecule has 9 heteroatoms. The Morgan fingerprint density at radius 3 is 2.19 bits per heavy atom. The maximum Gasteiger partial charge on any atom is 0.311 e. The van der Waals surface area contributed by atoms with E-state index in [4.69, 9.17) is 33.2 Å². The van der Waals surface area contributed by atoms with Gasteiger partial charge in [-0.15, -0.1) is 6.58 Å². The predicted octanol–water partition coefficient (Wildman–Crippen LogP) is 7.20. The lowest BCUT2D eigenvalue weighted by Gasteiger charge is -2.44. The minimum Gasteiger partial charge on any atom is -0.497 e. The zero-order valence-corrected chi connectivity index (χ0v) is 29.6. The summed E-state index contributed by atoms with van der Waals surface area (Å²) >= 11 is 0. The number of carbonyl (C=O) groups is 2. The van der Waals surface area contributed by atoms with Crippen LogP contribution in [0.3, 0.4) is 0 Å². The van der Waals surface area contributed by atoms with Crippen molar-refractivity contribution >= 4 is 11.8 Å². The van der Waals surface area contributed by atoms with E-state index in [1.54, 1.807) is 13.2 Å². The zero-order chi connectivity index (χ0) is 34.8. The molecule has 5 atom stereocenters. The number of allylic oxidation sites excluding steroid dienone is 1. The number of hydrogen-bond acceptors (Lipinski definition) is 9. The van der Waals surface area contributed by atoms with E-state index in [1.165, 1.54) is 0 Å². The van der Waals surface area contributed by atoms with Crippen molar-refractivity contribution in [3.05, 3.63) is 78.4 Å². The molecule has 260 valence electrons. The molecule has 0 aromatic heterocycles. The SMILES string of the molecule is C=CC(C)(C)C(=O)[C@@H](OCc1ccc(OC)cc1)[C@H]1C[C@@H](C[C@@H](OC(=O)C(C)(C)C)[C@@H](C)OCOCc2ccccc2)OC(C)(C)O1. The van der Waals surface area contributed by atoms with Gasteiger partial charge in [-0.25, -0.2) is 0 Å². The molecule has 2 aromatic rings. The highest BCUT2D eigenvalue weighted by Crippen LogP contribution is 2.35. The molecule has 1 aliphatic heterocycles. The Morgan fingerprint density at radius 2 is 1.60 bits per heavy atom. The average Bonchev–Trinajstić information content (AvgIpc) is 3.02. The van der Waals surface area contributed by atoms with Gasteiger partial charge in [0.15, 0.2) is 11.6 Å². The average molecular weight is 655 g/mol. The van der Waals surface area contributed by atoms with E-state index in [9.17, 15) is 9.59 Å². The van der Waals surface area contributed by atoms with Crippen LogP contribution in [-0.4, -0.2) is 62.0 Å². The van der Waals surface area contributed by atoms with E-state index in [2.05, 4.69) is 6.58 Å². The maximum atomic E-state index is 13.9. The predicted molar refractivity (Wildman–Crippen MR) is 180 cm³/mol. The van der Waals surface area contributed by atoms with E-state index >= 15 is 0 Å². The number of hydrogen-bond donors (Lipinski definition) is 0. The van der Waals surface area contributed by atoms with Crippen LogP contribution in [-0.2, 0) is 51.2 Å². The molecular formula is C38H54O9. The fourth-order valence-corrected chi connectivity index (χ4v) is 5.11. The molecule has 0 unspecified atom stereocenters. The number of esters is 1. The fourth-order valence-electron chi connectivity index (χ4n) is 5.11. The molecule has 0 aliphatic carbocycles. The number of carbonyl (C=O) groups excluding carboxylic acids is 2. The maximum absolute atomic E-state index is 13.9. The lowest BCUT2D eigenvalue weighted by molar-refractivity contribution is -0.317. The third-order valence-electron chi connectivity index (χ3n) is 8.13. The lowest BCUT2D eigenvalue weighted by atomic mass is 9.82. The number of Topliss-reactive ketones (excluding diaryl/α,β-unsaturated/α-hetero) is 1. The van der Waals surface area contributed by atoms with Crippen LogP contribution in [0.2, 0.25) is 0 Å². The van der Waals surface area contributed by atoms with Crippen molar-refractivity contribution in [2.24, 2.45) is 10.8 Å². The van der Waals surface area contributed by atoms with Gasteiger partial charge in [0.05, 0.1) is 44.1 Å². The molecule has 1 heterocycles. The minimum atomic E-state index is -1.05. The second-order valence-electron chi connectivity index (χ2n) is 14.2. The van der Waals surface area contributed by atoms with Crippen molar-refractivity contribution in [2.45, 2.75) is 118 Å². The number of benzene rings is 2. The topological polar surface area (TPSA) is 98.8 Å². The molecule has 2 aromatic carbocycles. The summed E-state index contributed by atoms with van der Waals surface area (Å²) in [5.74, 6) is -0.815. The van der Waals surface area contributed by atoms with Crippen LogP contribution in [0, 0.1) is 10.8 Å². The Balaban J connectivity index is 1.79. The summed E-state index contributed by atoms with van der Waals surface area (Å²) < 4.78 is 42.2. The van der Waals surface area contributed by atoms with Gasteiger partial charge in [0.2, 0.25) is 0 Å². The van der Waals surface area contributed by atoms with E-state index in [1.807, 2.05) is 110 Å². The van der Waals surface area contributed by atoms with Gasteiger partial charge in [-0.05, 0) is 78.6 Å². The molecule has 47 heavy (non-hydrogen) atoms. The van der Waals surface area contributed by atoms with Gasteiger partial charge < -0.3 is 33.2 Å². The summed E-state index contributed by atoms with van der Waals surface area (Å²) in [5.41, 5.74) is 0.334. The smallest absolute Gasteiger partial charge is 0.311 e. The Morgan fingerprint density at radius 1 is 0.957 bits per heavy atom. The zero-order valence-electron chi connectivity index (χ0n) is 29.6. The van der Waals surface area contributed by atoms with Crippen LogP contribution in [0.25, 0.3) is 0 Å². The van der Waals surface area contributed by atoms with Crippen LogP contribution in [0.4, 0.5) is 0 Å². The normalized spacial score (nSPS) is 20.1. The summed E-state index contributed by atoms with van der Waals surface area (Å²) in [6.45, 7) is 19.0. The van der Waals surface area contributed by atoms with Crippen LogP contribution in [0.1, 0.15) is 79.4 Å². The standard InChI is InChI=1S/C38H54O9/c1-11-37(6,7)34(39)33(43-24-28-17-19-29(41-10)20-18-28)32-22-30(46-38(8,9)47-32)21-31(45-35(40)36(3,4)5)26(2)44-25-42-23-27-15-13-12-14-16-27/h11-20,26,30-33H,1,21-25H2,2-10H3/t26-,30-,31-,32-,33+/m1/s1. The summed E-state index contributed by atoms with van der Waals surface area (Å²) in [5, 5.41) is 0. The molecule has 9 nitrogen and oxygen atoms in total. The van der Waals surface area contributed by atoms with Crippen molar-refractivity contribution in [1.29, 1.82) is 0 Å². The van der Waals surface area contributed by atoms with Crippen LogP contribution in [0.15, 0.2) is 67.3 Å². The van der Waals surface area contributed by atoms with Gasteiger partial charge in [-0.2, -0.15) is 0 Å². The molecular weight excluding hydrogens is 600 g/mol. The van der Waals surface area contributed by atoms with Crippen LogP contribution >= 0.6 is 0 Å². The van der Waals surface area contributed by atoms with E-state index in [0.29, 0.717) is 19.4 Å². The summed E-state index contributed by atoms with van der Waals surface area (Å²) in [6.07, 6.45) is -0.878. The van der Waals surface area contributed by atoms with E-state index in [0.717, 1.165) is 16.9 Å². The van der Waals surface area contributed by atoms with Gasteiger partial charge in [-0.1, -0.05) is 48.5 Å². The Bertz CT molecular complexity index is 1280. The van der Waals surface area contributed by atoms with Crippen molar-refractivity contribution < 1.29 is 42.7 Å². The van der Waals surface area contributed by atoms with Gasteiger partial charge in [0.1, 0.15) is 24.8 Å². The second-order valence-corrected chi connectivity index (χ2v) is 14.2. The Labute approximate surface area is 280 Å². The third-order valence-corrected chi connectivity index (χ3v) is 8.13. The Hall–Kier alpha value is -3.08. The van der Waals surface area contributed by atoms with Crippen molar-refractivity contribution in [2.75, 3.05) is 13.9 Å². The highest BCUT2D eigenvalue weighted by atomic mass is 16.7. The number of methoxy groups -OCH3 is 1. The summed E-state index contributed by atoms with van der Waals surface area (Å²) in [7, 11) is 1.61. The monoisotopic (exact) mass is 654 g/mol. The Kier molecular flexibility index (Phi) is 13.7. The number of ketones is 1. The first-order valence-electron chi connectivity index (χ1n) is 16.3. The van der Waals surface area contributed by atoms with Gasteiger partial charge >= 0.3 is 5.97 Å². The first-order valence-corrected chi connectivity index (χ1v) is 16.3. The number of ether oxygens (including phenoxy) is 7. The fraction of sp³-hybridized carbons (Fsp3) is 0.579. The molecule has 0 amide bonds. The molecule has 0 saturated carbocycles. The molecule has 1 fully saturated rings. The molecule has 0 radical (unpaired) electrons. The van der Waals surface area contributed by atoms with Crippen molar-refractivity contribution in [3.63, 3.8) is 0 Å². The van der Waals surface area contributed by atoms with Crippen molar-refractivity contribution in [1.82, 2.24) is 0 Å². The second kappa shape index (κ2) is 16.8. The van der Waals surface area contributed by atoms with Gasteiger partial charge in [-0.3, -0.25) is 9.59 Å². The molecule has 3 rings (SSSR count). The van der Waals surface area contributed by atoms with Gasteiger partial charge in [0, 0.05) is 18.3 Å².